The average molecular weight is 303 g/mol. The van der Waals surface area contributed by atoms with Gasteiger partial charge in [-0.25, -0.2) is 0 Å². The number of rotatable bonds is 6. The van der Waals surface area contributed by atoms with E-state index >= 15 is 0 Å². The van der Waals surface area contributed by atoms with Gasteiger partial charge in [0.25, 0.3) is 0 Å². The molecule has 0 aliphatic heterocycles. The van der Waals surface area contributed by atoms with Gasteiger partial charge in [0.05, 0.1) is 7.11 Å². The molecule has 1 N–H and O–H groups in total. The molecule has 1 aliphatic carbocycles. The first-order chi connectivity index (χ1) is 10.5. The smallest absolute Gasteiger partial charge is 0.323 e. The molecular formula is C19H29NO2. The van der Waals surface area contributed by atoms with Crippen LogP contribution < -0.4 is 5.32 Å². The Morgan fingerprint density at radius 1 is 1.18 bits per heavy atom. The predicted molar refractivity (Wildman–Crippen MR) is 89.7 cm³/mol. The second kappa shape index (κ2) is 7.77. The quantitative estimate of drug-likeness (QED) is 0.807. The van der Waals surface area contributed by atoms with Crippen LogP contribution in [0, 0.1) is 18.8 Å². The Labute approximate surface area is 134 Å². The lowest BCUT2D eigenvalue weighted by Crippen LogP contribution is -2.45. The van der Waals surface area contributed by atoms with Crippen molar-refractivity contribution < 1.29 is 9.53 Å². The van der Waals surface area contributed by atoms with E-state index in [1.165, 1.54) is 43.9 Å². The summed E-state index contributed by atoms with van der Waals surface area (Å²) < 4.78 is 4.99. The molecule has 3 nitrogen and oxygen atoms in total. The molecule has 22 heavy (non-hydrogen) atoms. The van der Waals surface area contributed by atoms with E-state index in [0.29, 0.717) is 5.92 Å². The summed E-state index contributed by atoms with van der Waals surface area (Å²) in [4.78, 5) is 12.1. The van der Waals surface area contributed by atoms with Crippen molar-refractivity contribution in [2.24, 2.45) is 11.8 Å². The first kappa shape index (κ1) is 17.0. The topological polar surface area (TPSA) is 38.3 Å². The number of ether oxygens (including phenoxy) is 1. The van der Waals surface area contributed by atoms with Crippen molar-refractivity contribution in [1.29, 1.82) is 0 Å². The Hall–Kier alpha value is -1.35. The highest BCUT2D eigenvalue weighted by Crippen LogP contribution is 2.36. The van der Waals surface area contributed by atoms with Gasteiger partial charge in [-0.15, -0.1) is 0 Å². The number of esters is 1. The number of carbonyl (C=O) groups is 1. The monoisotopic (exact) mass is 303 g/mol. The van der Waals surface area contributed by atoms with Crippen molar-refractivity contribution in [2.75, 3.05) is 7.11 Å². The molecule has 1 aliphatic rings. The molecule has 2 rings (SSSR count). The lowest BCUT2D eigenvalue weighted by Gasteiger charge is -2.31. The van der Waals surface area contributed by atoms with Crippen LogP contribution >= 0.6 is 0 Å². The van der Waals surface area contributed by atoms with Crippen molar-refractivity contribution in [2.45, 2.75) is 58.5 Å². The highest BCUT2D eigenvalue weighted by Gasteiger charge is 2.32. The molecule has 0 amide bonds. The van der Waals surface area contributed by atoms with Gasteiger partial charge in [0.15, 0.2) is 0 Å². The van der Waals surface area contributed by atoms with E-state index < -0.39 is 0 Å². The molecule has 2 atom stereocenters. The lowest BCUT2D eigenvalue weighted by molar-refractivity contribution is -0.144. The zero-order valence-corrected chi connectivity index (χ0v) is 14.3. The van der Waals surface area contributed by atoms with E-state index in [1.807, 2.05) is 0 Å². The SMILES string of the molecule is COC(=O)[C@@H](N[C@@H](c1ccc(C)cc1)C1CCCC1)C(C)C. The number of hydrogen-bond acceptors (Lipinski definition) is 3. The molecule has 3 heteroatoms. The van der Waals surface area contributed by atoms with Gasteiger partial charge < -0.3 is 4.74 Å². The molecule has 122 valence electrons. The number of carbonyl (C=O) groups excluding carboxylic acids is 1. The van der Waals surface area contributed by atoms with Crippen LogP contribution in [0.25, 0.3) is 0 Å². The average Bonchev–Trinajstić information content (AvgIpc) is 3.02. The number of benzene rings is 1. The summed E-state index contributed by atoms with van der Waals surface area (Å²) in [5, 5.41) is 3.61. The summed E-state index contributed by atoms with van der Waals surface area (Å²) in [6, 6.07) is 8.68. The summed E-state index contributed by atoms with van der Waals surface area (Å²) in [7, 11) is 1.47. The molecule has 1 aromatic carbocycles. The maximum absolute atomic E-state index is 12.1. The maximum atomic E-state index is 12.1. The third kappa shape index (κ3) is 4.10. The minimum atomic E-state index is -0.253. The third-order valence-electron chi connectivity index (χ3n) is 4.79. The van der Waals surface area contributed by atoms with Gasteiger partial charge in [0.2, 0.25) is 0 Å². The molecule has 0 radical (unpaired) electrons. The molecule has 1 saturated carbocycles. The second-order valence-corrected chi connectivity index (χ2v) is 6.84. The summed E-state index contributed by atoms with van der Waals surface area (Å²) in [5.41, 5.74) is 2.55. The van der Waals surface area contributed by atoms with E-state index in [2.05, 4.69) is 50.4 Å². The minimum Gasteiger partial charge on any atom is -0.468 e. The fourth-order valence-electron chi connectivity index (χ4n) is 3.42. The van der Waals surface area contributed by atoms with E-state index in [9.17, 15) is 4.79 Å². The van der Waals surface area contributed by atoms with Crippen molar-refractivity contribution in [3.05, 3.63) is 35.4 Å². The Balaban J connectivity index is 2.23. The van der Waals surface area contributed by atoms with Gasteiger partial charge in [0.1, 0.15) is 6.04 Å². The molecule has 0 aromatic heterocycles. The zero-order valence-electron chi connectivity index (χ0n) is 14.3. The Kier molecular flexibility index (Phi) is 6.01. The van der Waals surface area contributed by atoms with E-state index in [-0.39, 0.29) is 24.0 Å². The third-order valence-corrected chi connectivity index (χ3v) is 4.79. The predicted octanol–water partition coefficient (Wildman–Crippen LogP) is 4.01. The minimum absolute atomic E-state index is 0.162. The largest absolute Gasteiger partial charge is 0.468 e. The van der Waals surface area contributed by atoms with Crippen LogP contribution in [0.5, 0.6) is 0 Å². The Bertz CT molecular complexity index is 475. The van der Waals surface area contributed by atoms with Crippen LogP contribution in [-0.4, -0.2) is 19.1 Å². The molecule has 0 heterocycles. The zero-order chi connectivity index (χ0) is 16.1. The number of nitrogens with one attached hydrogen (secondary N) is 1. The highest BCUT2D eigenvalue weighted by molar-refractivity contribution is 5.76. The summed E-state index contributed by atoms with van der Waals surface area (Å²) in [6.45, 7) is 6.23. The van der Waals surface area contributed by atoms with Gasteiger partial charge >= 0.3 is 5.97 Å². The van der Waals surface area contributed by atoms with Gasteiger partial charge in [-0.3, -0.25) is 10.1 Å². The van der Waals surface area contributed by atoms with Crippen molar-refractivity contribution in [1.82, 2.24) is 5.32 Å². The van der Waals surface area contributed by atoms with Crippen LogP contribution in [0.4, 0.5) is 0 Å². The van der Waals surface area contributed by atoms with Gasteiger partial charge in [0, 0.05) is 6.04 Å². The standard InChI is InChI=1S/C19H29NO2/c1-13(2)17(19(21)22-4)20-18(15-7-5-6-8-15)16-11-9-14(3)10-12-16/h9-13,15,17-18,20H,5-8H2,1-4H3/t17-,18+/m0/s1. The fraction of sp³-hybridized carbons (Fsp3) is 0.632. The van der Waals surface area contributed by atoms with Crippen LogP contribution in [-0.2, 0) is 9.53 Å². The van der Waals surface area contributed by atoms with Crippen LogP contribution in [0.3, 0.4) is 0 Å². The molecule has 0 spiro atoms. The van der Waals surface area contributed by atoms with Crippen LogP contribution in [0.1, 0.15) is 56.7 Å². The number of hydrogen-bond donors (Lipinski definition) is 1. The molecular weight excluding hydrogens is 274 g/mol. The van der Waals surface area contributed by atoms with Crippen molar-refractivity contribution in [3.8, 4) is 0 Å². The first-order valence-corrected chi connectivity index (χ1v) is 8.43. The van der Waals surface area contributed by atoms with Crippen molar-refractivity contribution >= 4 is 5.97 Å². The van der Waals surface area contributed by atoms with Gasteiger partial charge in [-0.1, -0.05) is 56.5 Å². The van der Waals surface area contributed by atoms with E-state index in [1.54, 1.807) is 0 Å². The molecule has 0 bridgehead atoms. The van der Waals surface area contributed by atoms with Crippen molar-refractivity contribution in [3.63, 3.8) is 0 Å². The normalized spacial score (nSPS) is 18.4. The lowest BCUT2D eigenvalue weighted by atomic mass is 9.89. The number of methoxy groups -OCH3 is 1. The first-order valence-electron chi connectivity index (χ1n) is 8.43. The molecule has 1 aromatic rings. The highest BCUT2D eigenvalue weighted by atomic mass is 16.5. The molecule has 0 saturated heterocycles. The van der Waals surface area contributed by atoms with Crippen LogP contribution in [0.15, 0.2) is 24.3 Å². The second-order valence-electron chi connectivity index (χ2n) is 6.84. The molecule has 0 unspecified atom stereocenters. The summed E-state index contributed by atoms with van der Waals surface area (Å²) in [5.74, 6) is 0.653. The summed E-state index contributed by atoms with van der Waals surface area (Å²) >= 11 is 0. The maximum Gasteiger partial charge on any atom is 0.323 e. The van der Waals surface area contributed by atoms with Gasteiger partial charge in [-0.2, -0.15) is 0 Å². The Morgan fingerprint density at radius 3 is 2.27 bits per heavy atom. The van der Waals surface area contributed by atoms with E-state index in [0.717, 1.165) is 0 Å². The van der Waals surface area contributed by atoms with E-state index in [4.69, 9.17) is 4.74 Å². The number of aryl methyl sites for hydroxylation is 1. The fourth-order valence-corrected chi connectivity index (χ4v) is 3.42. The summed E-state index contributed by atoms with van der Waals surface area (Å²) in [6.07, 6.45) is 5.05. The van der Waals surface area contributed by atoms with Crippen LogP contribution in [0.2, 0.25) is 0 Å². The van der Waals surface area contributed by atoms with Gasteiger partial charge in [-0.05, 0) is 37.2 Å². The Morgan fingerprint density at radius 2 is 1.77 bits per heavy atom. The molecule has 1 fully saturated rings.